The second-order valence-corrected chi connectivity index (χ2v) is 6.48. The third-order valence-electron chi connectivity index (χ3n) is 4.51. The number of rotatable bonds is 3. The molecule has 4 aromatic rings. The van der Waals surface area contributed by atoms with Crippen molar-refractivity contribution >= 4 is 22.6 Å². The van der Waals surface area contributed by atoms with Gasteiger partial charge in [-0.15, -0.1) is 0 Å². The summed E-state index contributed by atoms with van der Waals surface area (Å²) in [5, 5.41) is 7.93. The van der Waals surface area contributed by atoms with E-state index in [-0.39, 0.29) is 11.3 Å². The molecule has 0 saturated heterocycles. The molecule has 0 aliphatic rings. The predicted molar refractivity (Wildman–Crippen MR) is 102 cm³/mol. The van der Waals surface area contributed by atoms with Crippen molar-refractivity contribution in [2.45, 2.75) is 20.8 Å². The average Bonchev–Trinajstić information content (AvgIpc) is 3.16. The first-order valence-corrected chi connectivity index (χ1v) is 8.57. The van der Waals surface area contributed by atoms with Crippen molar-refractivity contribution in [1.29, 1.82) is 0 Å². The number of carbonyl (C=O) groups is 1. The highest BCUT2D eigenvalue weighted by atomic mass is 19.1. The molecule has 1 amide bonds. The average molecular weight is 363 g/mol. The number of hydrogen-bond acceptors (Lipinski definition) is 3. The van der Waals surface area contributed by atoms with Crippen LogP contribution in [0.2, 0.25) is 0 Å². The molecule has 0 aliphatic heterocycles. The lowest BCUT2D eigenvalue weighted by Gasteiger charge is -2.12. The fourth-order valence-corrected chi connectivity index (χ4v) is 3.24. The third kappa shape index (κ3) is 2.89. The smallest absolute Gasteiger partial charge is 0.291 e. The summed E-state index contributed by atoms with van der Waals surface area (Å²) in [4.78, 5) is 12.8. The summed E-state index contributed by atoms with van der Waals surface area (Å²) in [5.74, 6) is -0.826. The van der Waals surface area contributed by atoms with E-state index in [4.69, 9.17) is 4.42 Å². The van der Waals surface area contributed by atoms with Gasteiger partial charge in [0.15, 0.2) is 17.2 Å². The molecule has 5 nitrogen and oxygen atoms in total. The normalized spacial score (nSPS) is 11.1. The molecule has 27 heavy (non-hydrogen) atoms. The number of anilines is 1. The minimum absolute atomic E-state index is 0.0898. The van der Waals surface area contributed by atoms with Gasteiger partial charge < -0.3 is 9.73 Å². The van der Waals surface area contributed by atoms with Crippen LogP contribution < -0.4 is 5.32 Å². The maximum Gasteiger partial charge on any atom is 0.291 e. The zero-order chi connectivity index (χ0) is 19.1. The molecule has 2 aromatic carbocycles. The van der Waals surface area contributed by atoms with Crippen LogP contribution in [0.15, 0.2) is 52.9 Å². The van der Waals surface area contributed by atoms with E-state index in [0.29, 0.717) is 16.6 Å². The Hall–Kier alpha value is -3.41. The van der Waals surface area contributed by atoms with E-state index in [0.717, 1.165) is 17.1 Å². The summed E-state index contributed by atoms with van der Waals surface area (Å²) in [6.07, 6.45) is 0. The Kier molecular flexibility index (Phi) is 4.03. The second kappa shape index (κ2) is 6.39. The van der Waals surface area contributed by atoms with Crippen LogP contribution in [-0.2, 0) is 0 Å². The molecule has 2 aromatic heterocycles. The number of furan rings is 1. The number of fused-ring (bicyclic) bond motifs is 1. The first kappa shape index (κ1) is 17.0. The number of carbonyl (C=O) groups excluding carboxylic acids is 1. The number of aromatic nitrogens is 2. The maximum atomic E-state index is 14.0. The highest BCUT2D eigenvalue weighted by molar-refractivity contribution is 6.07. The standard InChI is InChI=1S/C21H18FN3O2/c1-12-11-13(2)25(24-12)18-10-5-4-9-17(18)23-21(26)19-14(3)15-7-6-8-16(22)20(15)27-19/h4-11H,1-3H3,(H,23,26). The Morgan fingerprint density at radius 2 is 1.89 bits per heavy atom. The lowest BCUT2D eigenvalue weighted by Crippen LogP contribution is -2.14. The zero-order valence-corrected chi connectivity index (χ0v) is 15.2. The van der Waals surface area contributed by atoms with E-state index in [1.165, 1.54) is 6.07 Å². The largest absolute Gasteiger partial charge is 0.448 e. The van der Waals surface area contributed by atoms with Crippen LogP contribution in [0, 0.1) is 26.6 Å². The maximum absolute atomic E-state index is 14.0. The van der Waals surface area contributed by atoms with Crippen molar-refractivity contribution in [2.75, 3.05) is 5.32 Å². The number of hydrogen-bond donors (Lipinski definition) is 1. The zero-order valence-electron chi connectivity index (χ0n) is 15.2. The van der Waals surface area contributed by atoms with Gasteiger partial charge in [-0.1, -0.05) is 24.3 Å². The van der Waals surface area contributed by atoms with Gasteiger partial charge >= 0.3 is 0 Å². The Morgan fingerprint density at radius 1 is 1.11 bits per heavy atom. The summed E-state index contributed by atoms with van der Waals surface area (Å²) >= 11 is 0. The Labute approximate surface area is 155 Å². The van der Waals surface area contributed by atoms with E-state index < -0.39 is 11.7 Å². The predicted octanol–water partition coefficient (Wildman–Crippen LogP) is 4.94. The highest BCUT2D eigenvalue weighted by Crippen LogP contribution is 2.29. The number of benzene rings is 2. The van der Waals surface area contributed by atoms with Gasteiger partial charge in [-0.25, -0.2) is 9.07 Å². The Bertz CT molecular complexity index is 1170. The SMILES string of the molecule is Cc1cc(C)n(-c2ccccc2NC(=O)c2oc3c(F)cccc3c2C)n1. The Balaban J connectivity index is 1.74. The van der Waals surface area contributed by atoms with Crippen LogP contribution in [0.1, 0.15) is 27.5 Å². The van der Waals surface area contributed by atoms with Crippen molar-refractivity contribution in [3.8, 4) is 5.69 Å². The lowest BCUT2D eigenvalue weighted by atomic mass is 10.1. The molecule has 0 fully saturated rings. The van der Waals surface area contributed by atoms with Crippen molar-refractivity contribution in [3.63, 3.8) is 0 Å². The van der Waals surface area contributed by atoms with Gasteiger partial charge in [-0.05, 0) is 45.0 Å². The molecule has 1 N–H and O–H groups in total. The Morgan fingerprint density at radius 3 is 2.59 bits per heavy atom. The number of halogens is 1. The number of amides is 1. The van der Waals surface area contributed by atoms with Gasteiger partial charge in [0.1, 0.15) is 0 Å². The van der Waals surface area contributed by atoms with Crippen LogP contribution in [-0.4, -0.2) is 15.7 Å². The summed E-state index contributed by atoms with van der Waals surface area (Å²) in [6.45, 7) is 5.61. The summed E-state index contributed by atoms with van der Waals surface area (Å²) in [5.41, 5.74) is 3.87. The molecule has 0 radical (unpaired) electrons. The van der Waals surface area contributed by atoms with E-state index >= 15 is 0 Å². The van der Waals surface area contributed by atoms with Gasteiger partial charge in [0, 0.05) is 16.6 Å². The molecule has 6 heteroatoms. The minimum Gasteiger partial charge on any atom is -0.448 e. The molecule has 0 saturated carbocycles. The lowest BCUT2D eigenvalue weighted by molar-refractivity contribution is 0.0997. The van der Waals surface area contributed by atoms with E-state index in [2.05, 4.69) is 10.4 Å². The molecule has 0 bridgehead atoms. The summed E-state index contributed by atoms with van der Waals surface area (Å²) in [6, 6.07) is 14.0. The molecule has 0 atom stereocenters. The van der Waals surface area contributed by atoms with Crippen LogP contribution >= 0.6 is 0 Å². The molecule has 0 aliphatic carbocycles. The second-order valence-electron chi connectivity index (χ2n) is 6.48. The van der Waals surface area contributed by atoms with Gasteiger partial charge in [0.05, 0.1) is 17.1 Å². The fourth-order valence-electron chi connectivity index (χ4n) is 3.24. The van der Waals surface area contributed by atoms with E-state index in [9.17, 15) is 9.18 Å². The fraction of sp³-hybridized carbons (Fsp3) is 0.143. The van der Waals surface area contributed by atoms with Gasteiger partial charge in [0.25, 0.3) is 5.91 Å². The topological polar surface area (TPSA) is 60.1 Å². The molecular formula is C21H18FN3O2. The van der Waals surface area contributed by atoms with Gasteiger partial charge in [-0.2, -0.15) is 5.10 Å². The highest BCUT2D eigenvalue weighted by Gasteiger charge is 2.21. The van der Waals surface area contributed by atoms with Crippen molar-refractivity contribution in [2.24, 2.45) is 0 Å². The van der Waals surface area contributed by atoms with Crippen LogP contribution in [0.25, 0.3) is 16.7 Å². The minimum atomic E-state index is -0.488. The van der Waals surface area contributed by atoms with Crippen LogP contribution in [0.5, 0.6) is 0 Å². The van der Waals surface area contributed by atoms with Gasteiger partial charge in [0.2, 0.25) is 0 Å². The van der Waals surface area contributed by atoms with E-state index in [1.54, 1.807) is 29.8 Å². The van der Waals surface area contributed by atoms with E-state index in [1.807, 2.05) is 38.1 Å². The molecular weight excluding hydrogens is 345 g/mol. The molecule has 0 unspecified atom stereocenters. The number of nitrogens with zero attached hydrogens (tertiary/aromatic N) is 2. The van der Waals surface area contributed by atoms with Crippen LogP contribution in [0.4, 0.5) is 10.1 Å². The quantitative estimate of drug-likeness (QED) is 0.561. The third-order valence-corrected chi connectivity index (χ3v) is 4.51. The monoisotopic (exact) mass is 363 g/mol. The number of para-hydroxylation sites is 3. The van der Waals surface area contributed by atoms with Crippen molar-refractivity contribution in [1.82, 2.24) is 9.78 Å². The van der Waals surface area contributed by atoms with Crippen molar-refractivity contribution < 1.29 is 13.6 Å². The number of nitrogens with one attached hydrogen (secondary N) is 1. The first-order chi connectivity index (χ1) is 13.0. The molecule has 2 heterocycles. The summed E-state index contributed by atoms with van der Waals surface area (Å²) in [7, 11) is 0. The summed E-state index contributed by atoms with van der Waals surface area (Å²) < 4.78 is 21.3. The van der Waals surface area contributed by atoms with Crippen molar-refractivity contribution in [3.05, 3.63) is 77.1 Å². The first-order valence-electron chi connectivity index (χ1n) is 8.57. The number of aryl methyl sites for hydroxylation is 3. The molecule has 4 rings (SSSR count). The molecule has 0 spiro atoms. The molecule has 136 valence electrons. The van der Waals surface area contributed by atoms with Crippen LogP contribution in [0.3, 0.4) is 0 Å². The van der Waals surface area contributed by atoms with Gasteiger partial charge in [-0.3, -0.25) is 4.79 Å².